The molecule has 2 N–H and O–H groups in total. The van der Waals surface area contributed by atoms with E-state index in [1.165, 1.54) is 54.8 Å². The lowest BCUT2D eigenvalue weighted by Crippen LogP contribution is -2.32. The highest BCUT2D eigenvalue weighted by Gasteiger charge is 2.26. The molecule has 38 heavy (non-hydrogen) atoms. The first-order chi connectivity index (χ1) is 18.2. The van der Waals surface area contributed by atoms with Gasteiger partial charge in [0.2, 0.25) is 0 Å². The number of benzene rings is 2. The highest BCUT2D eigenvalue weighted by molar-refractivity contribution is 6.31. The third kappa shape index (κ3) is 5.48. The topological polar surface area (TPSA) is 141 Å². The maximum absolute atomic E-state index is 14.3. The molecule has 0 bridgehead atoms. The van der Waals surface area contributed by atoms with Crippen molar-refractivity contribution in [2.45, 2.75) is 18.9 Å². The molecule has 0 aliphatic heterocycles. The second-order valence-electron chi connectivity index (χ2n) is 8.32. The number of nitriles is 1. The molecule has 0 fully saturated rings. The van der Waals surface area contributed by atoms with E-state index in [9.17, 15) is 24.0 Å². The highest BCUT2D eigenvalue weighted by atomic mass is 35.5. The predicted molar refractivity (Wildman–Crippen MR) is 135 cm³/mol. The van der Waals surface area contributed by atoms with Crippen LogP contribution in [0.3, 0.4) is 0 Å². The van der Waals surface area contributed by atoms with Crippen LogP contribution in [0.5, 0.6) is 5.75 Å². The van der Waals surface area contributed by atoms with Crippen molar-refractivity contribution in [2.24, 2.45) is 5.73 Å². The van der Waals surface area contributed by atoms with Gasteiger partial charge in [-0.1, -0.05) is 17.7 Å². The molecule has 2 aromatic carbocycles. The molecule has 4 aromatic rings. The van der Waals surface area contributed by atoms with Crippen molar-refractivity contribution in [1.82, 2.24) is 9.55 Å². The quantitative estimate of drug-likeness (QED) is 0.343. The molecule has 9 nitrogen and oxygen atoms in total. The van der Waals surface area contributed by atoms with Crippen molar-refractivity contribution in [3.8, 4) is 22.9 Å². The second kappa shape index (κ2) is 11.1. The first kappa shape index (κ1) is 26.3. The van der Waals surface area contributed by atoms with E-state index in [2.05, 4.69) is 11.1 Å². The Morgan fingerprint density at radius 2 is 2.03 bits per heavy atom. The van der Waals surface area contributed by atoms with E-state index in [4.69, 9.17) is 26.5 Å². The summed E-state index contributed by atoms with van der Waals surface area (Å²) in [6, 6.07) is 10.6. The van der Waals surface area contributed by atoms with Crippen molar-refractivity contribution in [2.75, 3.05) is 7.11 Å². The van der Waals surface area contributed by atoms with Gasteiger partial charge in [-0.15, -0.1) is 0 Å². The molecule has 11 heteroatoms. The Hall–Kier alpha value is -4.75. The van der Waals surface area contributed by atoms with Gasteiger partial charge in [0.05, 0.1) is 36.2 Å². The van der Waals surface area contributed by atoms with Gasteiger partial charge >= 0.3 is 0 Å². The maximum Gasteiger partial charge on any atom is 0.252 e. The zero-order valence-electron chi connectivity index (χ0n) is 20.0. The molecule has 1 unspecified atom stereocenters. The summed E-state index contributed by atoms with van der Waals surface area (Å²) in [6.45, 7) is 0. The van der Waals surface area contributed by atoms with Crippen LogP contribution in [0.1, 0.15) is 33.2 Å². The van der Waals surface area contributed by atoms with E-state index in [1.54, 1.807) is 12.1 Å². The van der Waals surface area contributed by atoms with E-state index < -0.39 is 29.1 Å². The fourth-order valence-corrected chi connectivity index (χ4v) is 4.25. The van der Waals surface area contributed by atoms with Gasteiger partial charge in [0, 0.05) is 35.1 Å². The molecule has 0 aliphatic rings. The van der Waals surface area contributed by atoms with Crippen LogP contribution >= 0.6 is 11.6 Å². The fraction of sp³-hybridized carbons (Fsp3) is 0.148. The van der Waals surface area contributed by atoms with Crippen LogP contribution in [0.25, 0.3) is 11.1 Å². The number of pyridine rings is 1. The first-order valence-corrected chi connectivity index (χ1v) is 11.6. The molecule has 0 spiro atoms. The summed E-state index contributed by atoms with van der Waals surface area (Å²) >= 11 is 6.13. The SMILES string of the molecule is COc1cn(C(Cc2cocn2)C(=O)Cc2ccc(C(N)=O)c(F)c2)c(=O)cc1-c1cc(Cl)ccc1C#N. The Labute approximate surface area is 220 Å². The number of rotatable bonds is 9. The molecular weight excluding hydrogens is 515 g/mol. The van der Waals surface area contributed by atoms with Crippen LogP contribution < -0.4 is 16.0 Å². The van der Waals surface area contributed by atoms with Crippen molar-refractivity contribution in [1.29, 1.82) is 5.26 Å². The third-order valence-electron chi connectivity index (χ3n) is 5.93. The van der Waals surface area contributed by atoms with Crippen LogP contribution in [-0.4, -0.2) is 28.4 Å². The summed E-state index contributed by atoms with van der Waals surface area (Å²) < 4.78 is 26.0. The summed E-state index contributed by atoms with van der Waals surface area (Å²) in [6.07, 6.45) is 3.68. The maximum atomic E-state index is 14.3. The van der Waals surface area contributed by atoms with Gasteiger partial charge in [0.25, 0.3) is 11.5 Å². The van der Waals surface area contributed by atoms with Gasteiger partial charge in [-0.2, -0.15) is 5.26 Å². The van der Waals surface area contributed by atoms with Gasteiger partial charge in [0.15, 0.2) is 12.2 Å². The van der Waals surface area contributed by atoms with E-state index >= 15 is 0 Å². The minimum absolute atomic E-state index is 0.000202. The molecule has 192 valence electrons. The predicted octanol–water partition coefficient (Wildman–Crippen LogP) is 3.87. The van der Waals surface area contributed by atoms with Gasteiger partial charge < -0.3 is 19.5 Å². The molecule has 0 saturated heterocycles. The Kier molecular flexibility index (Phi) is 7.69. The monoisotopic (exact) mass is 534 g/mol. The number of amides is 1. The number of halogens is 2. The lowest BCUT2D eigenvalue weighted by atomic mass is 9.97. The number of ether oxygens (including phenoxy) is 1. The summed E-state index contributed by atoms with van der Waals surface area (Å²) in [4.78, 5) is 42.2. The van der Waals surface area contributed by atoms with Crippen molar-refractivity contribution < 1.29 is 23.1 Å². The number of carbonyl (C=O) groups is 2. The van der Waals surface area contributed by atoms with Crippen molar-refractivity contribution in [3.05, 3.63) is 105 Å². The molecule has 0 radical (unpaired) electrons. The average molecular weight is 535 g/mol. The number of oxazole rings is 1. The largest absolute Gasteiger partial charge is 0.495 e. The van der Waals surface area contributed by atoms with Crippen LogP contribution in [-0.2, 0) is 17.6 Å². The van der Waals surface area contributed by atoms with Crippen LogP contribution in [0.4, 0.5) is 4.39 Å². The van der Waals surface area contributed by atoms with Crippen LogP contribution in [0.2, 0.25) is 5.02 Å². The van der Waals surface area contributed by atoms with Crippen molar-refractivity contribution >= 4 is 23.3 Å². The molecule has 2 heterocycles. The highest BCUT2D eigenvalue weighted by Crippen LogP contribution is 2.33. The van der Waals surface area contributed by atoms with Gasteiger partial charge in [0.1, 0.15) is 23.9 Å². The number of nitrogens with two attached hydrogens (primary N) is 1. The minimum atomic E-state index is -1.07. The summed E-state index contributed by atoms with van der Waals surface area (Å²) in [5.41, 5.74) is 6.00. The Balaban J connectivity index is 1.78. The summed E-state index contributed by atoms with van der Waals surface area (Å²) in [5, 5.41) is 9.90. The normalized spacial score (nSPS) is 11.5. The number of hydrogen-bond donors (Lipinski definition) is 1. The fourth-order valence-electron chi connectivity index (χ4n) is 4.07. The smallest absolute Gasteiger partial charge is 0.252 e. The molecule has 1 atom stereocenters. The standard InChI is InChI=1S/C27H20ClFN4O5/c1-37-25-12-33(26(35)10-21(25)20-8-17(28)4-3-16(20)11-30)23(9-18-13-38-14-32-18)24(34)7-15-2-5-19(27(31)36)22(29)6-15/h2-6,8,10,12-14,23H,7,9H2,1H3,(H2,31,36). The molecule has 0 aliphatic carbocycles. The minimum Gasteiger partial charge on any atom is -0.495 e. The Morgan fingerprint density at radius 3 is 2.66 bits per heavy atom. The number of carbonyl (C=O) groups excluding carboxylic acids is 2. The van der Waals surface area contributed by atoms with Gasteiger partial charge in [-0.25, -0.2) is 9.37 Å². The Bertz CT molecular complexity index is 1630. The lowest BCUT2D eigenvalue weighted by molar-refractivity contribution is -0.121. The number of ketones is 1. The number of hydrogen-bond acceptors (Lipinski definition) is 7. The van der Waals surface area contributed by atoms with Crippen LogP contribution in [0.15, 0.2) is 70.5 Å². The van der Waals surface area contributed by atoms with Crippen molar-refractivity contribution in [3.63, 3.8) is 0 Å². The van der Waals surface area contributed by atoms with E-state index in [0.29, 0.717) is 21.8 Å². The number of primary amides is 1. The van der Waals surface area contributed by atoms with Crippen LogP contribution in [0, 0.1) is 17.1 Å². The molecule has 1 amide bonds. The molecule has 2 aromatic heterocycles. The number of aromatic nitrogens is 2. The molecule has 0 saturated carbocycles. The Morgan fingerprint density at radius 1 is 1.24 bits per heavy atom. The average Bonchev–Trinajstić information content (AvgIpc) is 3.40. The van der Waals surface area contributed by atoms with Gasteiger partial charge in [-0.3, -0.25) is 14.4 Å². The lowest BCUT2D eigenvalue weighted by Gasteiger charge is -2.20. The molecule has 4 rings (SSSR count). The van der Waals surface area contributed by atoms with E-state index in [1.807, 2.05) is 0 Å². The summed E-state index contributed by atoms with van der Waals surface area (Å²) in [5.74, 6) is -1.99. The van der Waals surface area contributed by atoms with Gasteiger partial charge in [-0.05, 0) is 35.9 Å². The zero-order chi connectivity index (χ0) is 27.4. The number of nitrogens with zero attached hydrogens (tertiary/aromatic N) is 3. The summed E-state index contributed by atoms with van der Waals surface area (Å²) in [7, 11) is 1.39. The number of Topliss-reactive ketones (excluding diaryl/α,β-unsaturated/α-hetero) is 1. The third-order valence-corrected chi connectivity index (χ3v) is 6.16. The number of methoxy groups -OCH3 is 1. The molecular formula is C27H20ClFN4O5. The van der Waals surface area contributed by atoms with E-state index in [0.717, 1.165) is 6.07 Å². The first-order valence-electron chi connectivity index (χ1n) is 11.2. The zero-order valence-corrected chi connectivity index (χ0v) is 20.7. The van der Waals surface area contributed by atoms with E-state index in [-0.39, 0.29) is 35.3 Å². The second-order valence-corrected chi connectivity index (χ2v) is 8.76.